The molecule has 1 fully saturated rings. The number of pyridine rings is 1. The first-order chi connectivity index (χ1) is 10.4. The van der Waals surface area contributed by atoms with Crippen LogP contribution >= 0.6 is 15.9 Å². The van der Waals surface area contributed by atoms with E-state index in [1.54, 1.807) is 18.2 Å². The molecule has 6 nitrogen and oxygen atoms in total. The Morgan fingerprint density at radius 1 is 1.45 bits per heavy atom. The molecule has 0 radical (unpaired) electrons. The number of fused-ring (bicyclic) bond motifs is 1. The van der Waals surface area contributed by atoms with Crippen LogP contribution < -0.4 is 5.32 Å². The van der Waals surface area contributed by atoms with Gasteiger partial charge in [0.15, 0.2) is 0 Å². The molecular weight excluding hydrogens is 370 g/mol. The Labute approximate surface area is 137 Å². The van der Waals surface area contributed by atoms with Crippen molar-refractivity contribution in [2.75, 3.05) is 20.1 Å². The molecule has 1 aliphatic heterocycles. The summed E-state index contributed by atoms with van der Waals surface area (Å²) in [6.07, 6.45) is 2.20. The zero-order valence-corrected chi connectivity index (χ0v) is 14.4. The van der Waals surface area contributed by atoms with E-state index >= 15 is 0 Å². The van der Waals surface area contributed by atoms with Crippen LogP contribution in [0.1, 0.15) is 6.42 Å². The van der Waals surface area contributed by atoms with Crippen LogP contribution in [0.15, 0.2) is 33.8 Å². The van der Waals surface area contributed by atoms with Gasteiger partial charge >= 0.3 is 0 Å². The van der Waals surface area contributed by atoms with E-state index in [0.717, 1.165) is 6.42 Å². The zero-order chi connectivity index (χ0) is 15.9. The van der Waals surface area contributed by atoms with E-state index in [2.05, 4.69) is 26.2 Å². The van der Waals surface area contributed by atoms with E-state index in [9.17, 15) is 13.5 Å². The second-order valence-electron chi connectivity index (χ2n) is 5.25. The van der Waals surface area contributed by atoms with Crippen molar-refractivity contribution in [3.63, 3.8) is 0 Å². The molecule has 0 bridgehead atoms. The Hall–Kier alpha value is -1.22. The average molecular weight is 386 g/mol. The molecular formula is C14H16BrN3O3S. The minimum atomic E-state index is -3.62. The third kappa shape index (κ3) is 2.50. The summed E-state index contributed by atoms with van der Waals surface area (Å²) in [6.45, 7) is 0.933. The molecule has 0 saturated carbocycles. The van der Waals surface area contributed by atoms with E-state index in [-0.39, 0.29) is 16.8 Å². The predicted molar refractivity (Wildman–Crippen MR) is 87.3 cm³/mol. The molecule has 0 aliphatic carbocycles. The number of benzene rings is 1. The Morgan fingerprint density at radius 2 is 2.23 bits per heavy atom. The molecule has 2 N–H and O–H groups in total. The maximum absolute atomic E-state index is 12.9. The van der Waals surface area contributed by atoms with Crippen molar-refractivity contribution in [2.45, 2.75) is 17.4 Å². The molecule has 1 atom stereocenters. The number of nitrogens with one attached hydrogen (secondary N) is 1. The zero-order valence-electron chi connectivity index (χ0n) is 12.0. The van der Waals surface area contributed by atoms with E-state index in [0.29, 0.717) is 28.3 Å². The number of rotatable bonds is 3. The van der Waals surface area contributed by atoms with Crippen LogP contribution in [-0.4, -0.2) is 49.0 Å². The summed E-state index contributed by atoms with van der Waals surface area (Å²) in [5.41, 5.74) is 0. The highest BCUT2D eigenvalue weighted by Gasteiger charge is 2.33. The number of sulfonamides is 1. The predicted octanol–water partition coefficient (Wildman–Crippen LogP) is 1.69. The monoisotopic (exact) mass is 385 g/mol. The van der Waals surface area contributed by atoms with Gasteiger partial charge in [-0.3, -0.25) is 0 Å². The van der Waals surface area contributed by atoms with Gasteiger partial charge in [-0.1, -0.05) is 6.07 Å². The Kier molecular flexibility index (Phi) is 4.11. The highest BCUT2D eigenvalue weighted by Crippen LogP contribution is 2.35. The lowest BCUT2D eigenvalue weighted by Crippen LogP contribution is -2.33. The van der Waals surface area contributed by atoms with Gasteiger partial charge in [0.2, 0.25) is 15.9 Å². The molecule has 118 valence electrons. The lowest BCUT2D eigenvalue weighted by Gasteiger charge is -2.18. The average Bonchev–Trinajstić information content (AvgIpc) is 3.00. The Balaban J connectivity index is 2.16. The number of halogens is 1. The van der Waals surface area contributed by atoms with Gasteiger partial charge in [0.25, 0.3) is 0 Å². The maximum atomic E-state index is 12.9. The van der Waals surface area contributed by atoms with Crippen LogP contribution in [0, 0.1) is 0 Å². The standard InChI is InChI=1S/C14H16BrN3O3S/c1-16-9-5-6-18(8-9)22(20,21)12-4-2-3-10-13(12)11(15)7-17-14(10)19/h2-4,7,9,16H,5-6,8H2,1H3,(H,17,19)/t9-/m1/s1. The van der Waals surface area contributed by atoms with Gasteiger partial charge in [-0.15, -0.1) is 0 Å². The molecule has 0 spiro atoms. The second kappa shape index (κ2) is 5.77. The first-order valence-electron chi connectivity index (χ1n) is 6.88. The molecule has 0 amide bonds. The quantitative estimate of drug-likeness (QED) is 0.839. The van der Waals surface area contributed by atoms with Crippen LogP contribution in [0.4, 0.5) is 0 Å². The van der Waals surface area contributed by atoms with Crippen molar-refractivity contribution in [2.24, 2.45) is 0 Å². The highest BCUT2D eigenvalue weighted by atomic mass is 79.9. The molecule has 2 aromatic rings. The fourth-order valence-electron chi connectivity index (χ4n) is 2.75. The van der Waals surface area contributed by atoms with Gasteiger partial charge in [-0.2, -0.15) is 4.31 Å². The van der Waals surface area contributed by atoms with Crippen LogP contribution in [0.5, 0.6) is 5.88 Å². The number of likely N-dealkylation sites (N-methyl/N-ethyl adjacent to an activating group) is 1. The first-order valence-corrected chi connectivity index (χ1v) is 9.12. The fraction of sp³-hybridized carbons (Fsp3) is 0.357. The Bertz CT molecular complexity index is 825. The molecule has 2 heterocycles. The van der Waals surface area contributed by atoms with E-state index in [1.807, 2.05) is 7.05 Å². The Morgan fingerprint density at radius 3 is 2.91 bits per heavy atom. The summed E-state index contributed by atoms with van der Waals surface area (Å²) in [7, 11) is -1.79. The van der Waals surface area contributed by atoms with Crippen molar-refractivity contribution in [3.05, 3.63) is 28.9 Å². The number of nitrogens with zero attached hydrogens (tertiary/aromatic N) is 2. The van der Waals surface area contributed by atoms with E-state index in [1.165, 1.54) is 10.5 Å². The van der Waals surface area contributed by atoms with Crippen molar-refractivity contribution in [1.82, 2.24) is 14.6 Å². The summed E-state index contributed by atoms with van der Waals surface area (Å²) in [5, 5.41) is 13.9. The molecule has 1 aliphatic rings. The lowest BCUT2D eigenvalue weighted by molar-refractivity contribution is 0.460. The fourth-order valence-corrected chi connectivity index (χ4v) is 5.14. The summed E-state index contributed by atoms with van der Waals surface area (Å²) < 4.78 is 27.9. The second-order valence-corrected chi connectivity index (χ2v) is 8.01. The van der Waals surface area contributed by atoms with Crippen molar-refractivity contribution in [1.29, 1.82) is 0 Å². The molecule has 0 unspecified atom stereocenters. The van der Waals surface area contributed by atoms with Gasteiger partial charge < -0.3 is 10.4 Å². The van der Waals surface area contributed by atoms with Gasteiger partial charge in [0.1, 0.15) is 0 Å². The molecule has 8 heteroatoms. The van der Waals surface area contributed by atoms with Crippen LogP contribution in [0.25, 0.3) is 10.8 Å². The van der Waals surface area contributed by atoms with Gasteiger partial charge in [0.05, 0.1) is 4.90 Å². The topological polar surface area (TPSA) is 82.5 Å². The van der Waals surface area contributed by atoms with Crippen LogP contribution in [-0.2, 0) is 10.0 Å². The molecule has 1 aromatic heterocycles. The summed E-state index contributed by atoms with van der Waals surface area (Å²) in [6, 6.07) is 5.01. The summed E-state index contributed by atoms with van der Waals surface area (Å²) in [4.78, 5) is 4.03. The van der Waals surface area contributed by atoms with Crippen LogP contribution in [0.3, 0.4) is 0 Å². The summed E-state index contributed by atoms with van der Waals surface area (Å²) >= 11 is 3.34. The van der Waals surface area contributed by atoms with E-state index in [4.69, 9.17) is 0 Å². The minimum absolute atomic E-state index is 0.170. The van der Waals surface area contributed by atoms with Crippen LogP contribution in [0.2, 0.25) is 0 Å². The van der Waals surface area contributed by atoms with Gasteiger partial charge in [-0.25, -0.2) is 13.4 Å². The molecule has 1 saturated heterocycles. The van der Waals surface area contributed by atoms with Crippen molar-refractivity contribution >= 4 is 36.7 Å². The largest absolute Gasteiger partial charge is 0.493 e. The number of hydrogen-bond donors (Lipinski definition) is 2. The highest BCUT2D eigenvalue weighted by molar-refractivity contribution is 9.10. The van der Waals surface area contributed by atoms with E-state index < -0.39 is 10.0 Å². The SMILES string of the molecule is CN[C@@H]1CCN(S(=O)(=O)c2cccc3c(O)ncc(Br)c23)C1. The normalized spacial score (nSPS) is 19.8. The molecule has 22 heavy (non-hydrogen) atoms. The smallest absolute Gasteiger partial charge is 0.243 e. The lowest BCUT2D eigenvalue weighted by atomic mass is 10.2. The minimum Gasteiger partial charge on any atom is -0.493 e. The third-order valence-corrected chi connectivity index (χ3v) is 6.49. The van der Waals surface area contributed by atoms with Gasteiger partial charge in [0, 0.05) is 40.6 Å². The number of aromatic nitrogens is 1. The van der Waals surface area contributed by atoms with Gasteiger partial charge in [-0.05, 0) is 41.5 Å². The number of aromatic hydroxyl groups is 1. The maximum Gasteiger partial charge on any atom is 0.243 e. The first kappa shape index (κ1) is 15.7. The molecule has 1 aromatic carbocycles. The summed E-state index contributed by atoms with van der Waals surface area (Å²) in [5.74, 6) is -0.176. The van der Waals surface area contributed by atoms with Crippen molar-refractivity contribution < 1.29 is 13.5 Å². The van der Waals surface area contributed by atoms with Crippen molar-refractivity contribution in [3.8, 4) is 5.88 Å². The molecule has 3 rings (SSSR count). The third-order valence-electron chi connectivity index (χ3n) is 3.98. The number of hydrogen-bond acceptors (Lipinski definition) is 5.